The molecular weight excluding hydrogens is 284 g/mol. The number of nitrogens with one attached hydrogen (secondary N) is 1. The van der Waals surface area contributed by atoms with Crippen molar-refractivity contribution < 1.29 is 13.5 Å². The average Bonchev–Trinajstić information content (AvgIpc) is 2.78. The first-order valence-corrected chi connectivity index (χ1v) is 6.85. The third-order valence-electron chi connectivity index (χ3n) is 2.31. The van der Waals surface area contributed by atoms with Crippen LogP contribution < -0.4 is 10.1 Å². The minimum absolute atomic E-state index is 0.0211. The van der Waals surface area contributed by atoms with E-state index in [-0.39, 0.29) is 11.3 Å². The van der Waals surface area contributed by atoms with Crippen molar-refractivity contribution in [3.8, 4) is 10.9 Å². The molecule has 2 rings (SSSR count). The van der Waals surface area contributed by atoms with Gasteiger partial charge in [-0.25, -0.2) is 8.78 Å². The summed E-state index contributed by atoms with van der Waals surface area (Å²) in [4.78, 5) is 0. The molecule has 0 amide bonds. The van der Waals surface area contributed by atoms with E-state index in [1.807, 2.05) is 20.8 Å². The Morgan fingerprint density at radius 1 is 1.20 bits per heavy atom. The van der Waals surface area contributed by atoms with Crippen LogP contribution in [0.4, 0.5) is 8.78 Å². The van der Waals surface area contributed by atoms with Gasteiger partial charge in [-0.3, -0.25) is 0 Å². The monoisotopic (exact) mass is 299 g/mol. The summed E-state index contributed by atoms with van der Waals surface area (Å²) >= 11 is 1.26. The highest BCUT2D eigenvalue weighted by atomic mass is 32.1. The molecule has 0 spiro atoms. The summed E-state index contributed by atoms with van der Waals surface area (Å²) in [5, 5.41) is 12.2. The fraction of sp³-hybridized carbons (Fsp3) is 0.385. The number of hydrogen-bond acceptors (Lipinski definition) is 5. The van der Waals surface area contributed by atoms with Crippen LogP contribution in [0.1, 0.15) is 25.8 Å². The number of nitrogens with zero attached hydrogens (tertiary/aromatic N) is 2. The Morgan fingerprint density at radius 2 is 1.95 bits per heavy atom. The molecule has 0 radical (unpaired) electrons. The van der Waals surface area contributed by atoms with Gasteiger partial charge in [0.1, 0.15) is 10.8 Å². The van der Waals surface area contributed by atoms with Crippen molar-refractivity contribution in [3.05, 3.63) is 34.8 Å². The smallest absolute Gasteiger partial charge is 0.299 e. The van der Waals surface area contributed by atoms with Crippen molar-refractivity contribution in [3.63, 3.8) is 0 Å². The largest absolute Gasteiger partial charge is 0.430 e. The summed E-state index contributed by atoms with van der Waals surface area (Å²) < 4.78 is 31.2. The van der Waals surface area contributed by atoms with Crippen LogP contribution >= 0.6 is 11.3 Å². The molecule has 2 aromatic rings. The van der Waals surface area contributed by atoms with Crippen LogP contribution in [0, 0.1) is 11.6 Å². The van der Waals surface area contributed by atoms with E-state index in [0.29, 0.717) is 11.7 Å². The molecule has 7 heteroatoms. The summed E-state index contributed by atoms with van der Waals surface area (Å²) in [5.74, 6) is -1.68. The first-order chi connectivity index (χ1) is 9.33. The molecule has 0 saturated carbocycles. The van der Waals surface area contributed by atoms with Crippen molar-refractivity contribution in [1.82, 2.24) is 15.5 Å². The lowest BCUT2D eigenvalue weighted by Crippen LogP contribution is -2.35. The summed E-state index contributed by atoms with van der Waals surface area (Å²) in [6, 6.07) is 3.32. The molecule has 0 unspecified atom stereocenters. The molecule has 108 valence electrons. The van der Waals surface area contributed by atoms with E-state index in [1.54, 1.807) is 0 Å². The minimum Gasteiger partial charge on any atom is -0.430 e. The van der Waals surface area contributed by atoms with Gasteiger partial charge in [-0.1, -0.05) is 16.4 Å². The predicted octanol–water partition coefficient (Wildman–Crippen LogP) is 3.50. The van der Waals surface area contributed by atoms with E-state index in [1.165, 1.54) is 17.4 Å². The van der Waals surface area contributed by atoms with Gasteiger partial charge >= 0.3 is 0 Å². The molecule has 0 aliphatic rings. The standard InChI is InChI=1S/C13H15F2N3OS/c1-13(2,3)16-7-11-17-18-12(20-11)19-8-4-5-9(14)10(15)6-8/h4-6,16H,7H2,1-3H3. The molecule has 1 N–H and O–H groups in total. The molecular formula is C13H15F2N3OS. The highest BCUT2D eigenvalue weighted by Gasteiger charge is 2.12. The SMILES string of the molecule is CC(C)(C)NCc1nnc(Oc2ccc(F)c(F)c2)s1. The maximum Gasteiger partial charge on any atom is 0.299 e. The molecule has 0 aliphatic carbocycles. The predicted molar refractivity (Wildman–Crippen MR) is 72.9 cm³/mol. The van der Waals surface area contributed by atoms with E-state index >= 15 is 0 Å². The van der Waals surface area contributed by atoms with Gasteiger partial charge in [-0.05, 0) is 32.9 Å². The van der Waals surface area contributed by atoms with E-state index < -0.39 is 11.6 Å². The van der Waals surface area contributed by atoms with Crippen molar-refractivity contribution in [2.24, 2.45) is 0 Å². The van der Waals surface area contributed by atoms with Crippen LogP contribution in [0.15, 0.2) is 18.2 Å². The number of hydrogen-bond donors (Lipinski definition) is 1. The summed E-state index contributed by atoms with van der Waals surface area (Å²) in [6.45, 7) is 6.72. The molecule has 0 saturated heterocycles. The van der Waals surface area contributed by atoms with Crippen LogP contribution in [0.25, 0.3) is 0 Å². The van der Waals surface area contributed by atoms with Crippen LogP contribution in [0.3, 0.4) is 0 Å². The van der Waals surface area contributed by atoms with Gasteiger partial charge in [0.05, 0.1) is 6.54 Å². The molecule has 1 heterocycles. The van der Waals surface area contributed by atoms with Crippen LogP contribution in [-0.4, -0.2) is 15.7 Å². The van der Waals surface area contributed by atoms with Crippen LogP contribution in [0.5, 0.6) is 10.9 Å². The third kappa shape index (κ3) is 4.21. The maximum atomic E-state index is 13.0. The fourth-order valence-corrected chi connectivity index (χ4v) is 1.98. The van der Waals surface area contributed by atoms with Crippen LogP contribution in [-0.2, 0) is 6.54 Å². The lowest BCUT2D eigenvalue weighted by Gasteiger charge is -2.19. The van der Waals surface area contributed by atoms with Gasteiger partial charge in [-0.15, -0.1) is 5.10 Å². The van der Waals surface area contributed by atoms with Gasteiger partial charge in [-0.2, -0.15) is 0 Å². The Labute approximate surface area is 119 Å². The highest BCUT2D eigenvalue weighted by Crippen LogP contribution is 2.26. The zero-order valence-electron chi connectivity index (χ0n) is 11.4. The Hall–Kier alpha value is -1.60. The lowest BCUT2D eigenvalue weighted by molar-refractivity contribution is 0.422. The molecule has 4 nitrogen and oxygen atoms in total. The Bertz CT molecular complexity index is 596. The fourth-order valence-electron chi connectivity index (χ4n) is 1.33. The van der Waals surface area contributed by atoms with Gasteiger partial charge in [0.25, 0.3) is 5.19 Å². The van der Waals surface area contributed by atoms with E-state index in [9.17, 15) is 8.78 Å². The number of benzene rings is 1. The molecule has 0 fully saturated rings. The van der Waals surface area contributed by atoms with Crippen molar-refractivity contribution >= 4 is 11.3 Å². The molecule has 0 bridgehead atoms. The van der Waals surface area contributed by atoms with Gasteiger partial charge < -0.3 is 10.1 Å². The molecule has 0 atom stereocenters. The summed E-state index contributed by atoms with van der Waals surface area (Å²) in [5.41, 5.74) is -0.0211. The zero-order chi connectivity index (χ0) is 14.8. The minimum atomic E-state index is -0.957. The van der Waals surface area contributed by atoms with Crippen molar-refractivity contribution in [1.29, 1.82) is 0 Å². The maximum absolute atomic E-state index is 13.0. The highest BCUT2D eigenvalue weighted by molar-refractivity contribution is 7.13. The summed E-state index contributed by atoms with van der Waals surface area (Å²) in [6.07, 6.45) is 0. The quantitative estimate of drug-likeness (QED) is 0.938. The topological polar surface area (TPSA) is 47.0 Å². The van der Waals surface area contributed by atoms with Crippen molar-refractivity contribution in [2.75, 3.05) is 0 Å². The number of rotatable bonds is 4. The van der Waals surface area contributed by atoms with E-state index in [0.717, 1.165) is 17.1 Å². The Balaban J connectivity index is 2.00. The second-order valence-corrected chi connectivity index (χ2v) is 6.27. The van der Waals surface area contributed by atoms with Gasteiger partial charge in [0, 0.05) is 11.6 Å². The van der Waals surface area contributed by atoms with Crippen molar-refractivity contribution in [2.45, 2.75) is 32.9 Å². The van der Waals surface area contributed by atoms with Crippen LogP contribution in [0.2, 0.25) is 0 Å². The summed E-state index contributed by atoms with van der Waals surface area (Å²) in [7, 11) is 0. The third-order valence-corrected chi connectivity index (χ3v) is 3.12. The zero-order valence-corrected chi connectivity index (χ0v) is 12.2. The first kappa shape index (κ1) is 14.8. The second kappa shape index (κ2) is 5.80. The van der Waals surface area contributed by atoms with Gasteiger partial charge in [0.15, 0.2) is 11.6 Å². The Morgan fingerprint density at radius 3 is 2.60 bits per heavy atom. The number of halogens is 2. The molecule has 1 aromatic carbocycles. The van der Waals surface area contributed by atoms with Gasteiger partial charge in [0.2, 0.25) is 0 Å². The average molecular weight is 299 g/mol. The Kier molecular flexibility index (Phi) is 4.29. The molecule has 1 aromatic heterocycles. The van der Waals surface area contributed by atoms with E-state index in [4.69, 9.17) is 4.74 Å². The molecule has 0 aliphatic heterocycles. The second-order valence-electron chi connectivity index (χ2n) is 5.24. The van der Waals surface area contributed by atoms with E-state index in [2.05, 4.69) is 15.5 Å². The molecule has 20 heavy (non-hydrogen) atoms. The normalized spacial score (nSPS) is 11.7. The first-order valence-electron chi connectivity index (χ1n) is 6.04. The number of ether oxygens (including phenoxy) is 1. The lowest BCUT2D eigenvalue weighted by atomic mass is 10.1. The number of aromatic nitrogens is 2.